The third-order valence-electron chi connectivity index (χ3n) is 4.69. The molecule has 1 aromatic carbocycles. The van der Waals surface area contributed by atoms with Crippen LogP contribution >= 0.6 is 0 Å². The summed E-state index contributed by atoms with van der Waals surface area (Å²) in [5.74, 6) is -1.16. The number of amides is 2. The molecule has 0 saturated carbocycles. The molecule has 2 heterocycles. The summed E-state index contributed by atoms with van der Waals surface area (Å²) in [5, 5.41) is 11.7. The Labute approximate surface area is 146 Å². The van der Waals surface area contributed by atoms with Crippen molar-refractivity contribution in [2.45, 2.75) is 51.0 Å². The number of rotatable bonds is 6. The highest BCUT2D eigenvalue weighted by atomic mass is 16.5. The zero-order valence-corrected chi connectivity index (χ0v) is 13.9. The summed E-state index contributed by atoms with van der Waals surface area (Å²) in [7, 11) is 0. The molecule has 0 radical (unpaired) electrons. The molecule has 2 amide bonds. The normalized spacial score (nSPS) is 23.0. The van der Waals surface area contributed by atoms with Crippen molar-refractivity contribution in [1.82, 2.24) is 10.2 Å². The number of ether oxygens (including phenoxy) is 1. The van der Waals surface area contributed by atoms with Crippen LogP contribution in [0.2, 0.25) is 0 Å². The lowest BCUT2D eigenvalue weighted by Crippen LogP contribution is -2.35. The van der Waals surface area contributed by atoms with Crippen molar-refractivity contribution in [2.75, 3.05) is 6.54 Å². The van der Waals surface area contributed by atoms with Gasteiger partial charge in [0.2, 0.25) is 11.8 Å². The summed E-state index contributed by atoms with van der Waals surface area (Å²) >= 11 is 0. The molecular formula is C18H22N2O5. The van der Waals surface area contributed by atoms with Crippen molar-refractivity contribution in [2.24, 2.45) is 0 Å². The Morgan fingerprint density at radius 2 is 1.92 bits per heavy atom. The number of carboxylic acids is 1. The number of hydrogen-bond acceptors (Lipinski definition) is 4. The highest BCUT2D eigenvalue weighted by Crippen LogP contribution is 2.21. The first kappa shape index (κ1) is 17.4. The summed E-state index contributed by atoms with van der Waals surface area (Å²) in [6.07, 6.45) is 0.635. The first-order valence-electron chi connectivity index (χ1n) is 8.55. The fraction of sp³-hybridized carbons (Fsp3) is 0.500. The maximum Gasteiger partial charge on any atom is 0.332 e. The number of carboxylic acid groups (broad SMARTS) is 1. The molecule has 0 bridgehead atoms. The van der Waals surface area contributed by atoms with E-state index < -0.39 is 18.2 Å². The number of likely N-dealkylation sites (tertiary alicyclic amines) is 1. The summed E-state index contributed by atoms with van der Waals surface area (Å²) < 4.78 is 5.26. The van der Waals surface area contributed by atoms with Gasteiger partial charge in [0, 0.05) is 26.1 Å². The molecule has 0 spiro atoms. The van der Waals surface area contributed by atoms with Crippen LogP contribution in [0.25, 0.3) is 0 Å². The highest BCUT2D eigenvalue weighted by Gasteiger charge is 2.34. The molecule has 7 nitrogen and oxygen atoms in total. The molecule has 0 aromatic heterocycles. The van der Waals surface area contributed by atoms with Gasteiger partial charge in [-0.15, -0.1) is 0 Å². The molecule has 3 rings (SSSR count). The van der Waals surface area contributed by atoms with Crippen LogP contribution in [0, 0.1) is 0 Å². The molecule has 2 saturated heterocycles. The maximum atomic E-state index is 12.2. The van der Waals surface area contributed by atoms with E-state index in [0.717, 1.165) is 24.1 Å². The fourth-order valence-corrected chi connectivity index (χ4v) is 3.27. The molecule has 2 N–H and O–H groups in total. The van der Waals surface area contributed by atoms with E-state index in [1.165, 1.54) is 0 Å². The monoisotopic (exact) mass is 346 g/mol. The average molecular weight is 346 g/mol. The van der Waals surface area contributed by atoms with Crippen LogP contribution in [0.4, 0.5) is 0 Å². The minimum atomic E-state index is -1.03. The number of carbonyl (C=O) groups is 3. The first-order valence-corrected chi connectivity index (χ1v) is 8.55. The molecule has 0 unspecified atom stereocenters. The van der Waals surface area contributed by atoms with Crippen molar-refractivity contribution in [3.8, 4) is 0 Å². The second-order valence-corrected chi connectivity index (χ2v) is 6.43. The number of aliphatic carboxylic acids is 1. The van der Waals surface area contributed by atoms with Gasteiger partial charge in [-0.25, -0.2) is 4.79 Å². The van der Waals surface area contributed by atoms with Crippen molar-refractivity contribution in [3.05, 3.63) is 35.4 Å². The Morgan fingerprint density at radius 3 is 2.56 bits per heavy atom. The minimum absolute atomic E-state index is 0.165. The van der Waals surface area contributed by atoms with E-state index >= 15 is 0 Å². The van der Waals surface area contributed by atoms with Gasteiger partial charge in [0.1, 0.15) is 6.10 Å². The van der Waals surface area contributed by atoms with Crippen molar-refractivity contribution in [3.63, 3.8) is 0 Å². The van der Waals surface area contributed by atoms with Gasteiger partial charge in [0.15, 0.2) is 6.10 Å². The summed E-state index contributed by atoms with van der Waals surface area (Å²) in [5.41, 5.74) is 1.96. The van der Waals surface area contributed by atoms with E-state index in [2.05, 4.69) is 5.32 Å². The zero-order valence-electron chi connectivity index (χ0n) is 13.9. The van der Waals surface area contributed by atoms with E-state index in [1.807, 2.05) is 29.2 Å². The van der Waals surface area contributed by atoms with Crippen LogP contribution in [0.5, 0.6) is 0 Å². The number of hydrogen-bond donors (Lipinski definition) is 2. The number of benzene rings is 1. The Morgan fingerprint density at radius 1 is 1.20 bits per heavy atom. The maximum absolute atomic E-state index is 12.2. The van der Waals surface area contributed by atoms with E-state index in [1.54, 1.807) is 0 Å². The average Bonchev–Trinajstić information content (AvgIpc) is 3.24. The van der Waals surface area contributed by atoms with E-state index in [-0.39, 0.29) is 11.8 Å². The zero-order chi connectivity index (χ0) is 17.8. The quantitative estimate of drug-likeness (QED) is 0.803. The second-order valence-electron chi connectivity index (χ2n) is 6.43. The van der Waals surface area contributed by atoms with E-state index in [0.29, 0.717) is 32.4 Å². The molecule has 134 valence electrons. The van der Waals surface area contributed by atoms with Crippen LogP contribution in [-0.2, 0) is 32.2 Å². The Balaban J connectivity index is 1.57. The standard InChI is InChI=1S/C18H22N2O5/c21-16-6-3-9-20(16)11-13-5-2-1-4-12(13)10-19-17(22)14-7-8-15(25-14)18(23)24/h1-2,4-5,14-15H,3,6-11H2,(H,19,22)(H,23,24)/t14-,15+/m0/s1. The Hall–Kier alpha value is -2.41. The smallest absolute Gasteiger partial charge is 0.332 e. The molecule has 2 aliphatic heterocycles. The molecule has 1 aromatic rings. The SMILES string of the molecule is O=C(NCc1ccccc1CN1CCCC1=O)[C@@H]1CC[C@H](C(=O)O)O1. The third-order valence-corrected chi connectivity index (χ3v) is 4.69. The summed E-state index contributed by atoms with van der Waals surface area (Å²) in [6, 6.07) is 7.69. The number of nitrogens with zero attached hydrogens (tertiary/aromatic N) is 1. The van der Waals surface area contributed by atoms with Gasteiger partial charge in [-0.2, -0.15) is 0 Å². The lowest BCUT2D eigenvalue weighted by molar-refractivity contribution is -0.151. The molecule has 2 atom stereocenters. The molecule has 2 fully saturated rings. The van der Waals surface area contributed by atoms with E-state index in [9.17, 15) is 14.4 Å². The second kappa shape index (κ2) is 7.65. The molecule has 2 aliphatic rings. The molecular weight excluding hydrogens is 324 g/mol. The third kappa shape index (κ3) is 4.17. The van der Waals surface area contributed by atoms with Gasteiger partial charge in [-0.1, -0.05) is 24.3 Å². The molecule has 0 aliphatic carbocycles. The van der Waals surface area contributed by atoms with Gasteiger partial charge in [0.25, 0.3) is 0 Å². The highest BCUT2D eigenvalue weighted by molar-refractivity contribution is 5.82. The lowest BCUT2D eigenvalue weighted by atomic mass is 10.1. The van der Waals surface area contributed by atoms with Crippen LogP contribution in [0.15, 0.2) is 24.3 Å². The van der Waals surface area contributed by atoms with Crippen molar-refractivity contribution in [1.29, 1.82) is 0 Å². The first-order chi connectivity index (χ1) is 12.0. The predicted molar refractivity (Wildman–Crippen MR) is 88.5 cm³/mol. The predicted octanol–water partition coefficient (Wildman–Crippen LogP) is 1.06. The van der Waals surface area contributed by atoms with Gasteiger partial charge in [-0.3, -0.25) is 9.59 Å². The molecule has 25 heavy (non-hydrogen) atoms. The lowest BCUT2D eigenvalue weighted by Gasteiger charge is -2.19. The van der Waals surface area contributed by atoms with Crippen LogP contribution in [0.3, 0.4) is 0 Å². The van der Waals surface area contributed by atoms with Crippen LogP contribution in [0.1, 0.15) is 36.8 Å². The van der Waals surface area contributed by atoms with Crippen LogP contribution < -0.4 is 5.32 Å². The van der Waals surface area contributed by atoms with Crippen molar-refractivity contribution < 1.29 is 24.2 Å². The largest absolute Gasteiger partial charge is 0.479 e. The summed E-state index contributed by atoms with van der Waals surface area (Å²) in [4.78, 5) is 36.7. The van der Waals surface area contributed by atoms with Gasteiger partial charge < -0.3 is 20.1 Å². The van der Waals surface area contributed by atoms with Gasteiger partial charge >= 0.3 is 5.97 Å². The minimum Gasteiger partial charge on any atom is -0.479 e. The Kier molecular flexibility index (Phi) is 5.33. The number of carbonyl (C=O) groups excluding carboxylic acids is 2. The topological polar surface area (TPSA) is 95.9 Å². The summed E-state index contributed by atoms with van der Waals surface area (Å²) in [6.45, 7) is 1.65. The van der Waals surface area contributed by atoms with Crippen molar-refractivity contribution >= 4 is 17.8 Å². The van der Waals surface area contributed by atoms with E-state index in [4.69, 9.17) is 9.84 Å². The van der Waals surface area contributed by atoms with Gasteiger partial charge in [0.05, 0.1) is 0 Å². The van der Waals surface area contributed by atoms with Crippen LogP contribution in [-0.4, -0.2) is 46.5 Å². The Bertz CT molecular complexity index is 675. The fourth-order valence-electron chi connectivity index (χ4n) is 3.27. The molecule has 7 heteroatoms. The van der Waals surface area contributed by atoms with Gasteiger partial charge in [-0.05, 0) is 30.4 Å². The number of nitrogens with one attached hydrogen (secondary N) is 1.